The molecule has 0 aromatic heterocycles. The summed E-state index contributed by atoms with van der Waals surface area (Å²) in [7, 11) is -27.0. The quantitative estimate of drug-likeness (QED) is 0.0220. The number of carbonyl (C=O) groups excluding carboxylic acids is 6. The Hall–Kier alpha value is -3.17. The van der Waals surface area contributed by atoms with Crippen molar-refractivity contribution < 1.29 is 65.8 Å². The van der Waals surface area contributed by atoms with Crippen LogP contribution in [0.2, 0.25) is 231 Å². The molecule has 0 spiro atoms. The first-order valence-electron chi connectivity index (χ1n) is 41.3. The molecule has 114 heavy (non-hydrogen) atoms. The Morgan fingerprint density at radius 3 is 0.860 bits per heavy atom. The summed E-state index contributed by atoms with van der Waals surface area (Å²) in [4.78, 5) is 81.9. The first-order valence-corrected chi connectivity index (χ1v) is 84.3. The highest BCUT2D eigenvalue weighted by atomic mass is 28.5. The number of rotatable bonds is 51. The number of hydrogen-bond acceptors (Lipinski definition) is 21. The van der Waals surface area contributed by atoms with Crippen LogP contribution in [0.25, 0.3) is 0 Å². The molecule has 0 heterocycles. The number of aliphatic imine (C=N–C) groups is 6. The summed E-state index contributed by atoms with van der Waals surface area (Å²) in [5.74, 6) is 0. The molecular weight excluding hydrogens is 1680 g/mol. The summed E-state index contributed by atoms with van der Waals surface area (Å²) >= 11 is 0. The molecule has 0 aliphatic heterocycles. The van der Waals surface area contributed by atoms with Gasteiger partial charge in [-0.2, -0.15) is 0 Å². The van der Waals surface area contributed by atoms with Gasteiger partial charge in [0.1, 0.15) is 9.76 Å². The molecule has 0 fully saturated rings. The van der Waals surface area contributed by atoms with Crippen LogP contribution in [0.4, 0.5) is 0 Å². The van der Waals surface area contributed by atoms with Crippen LogP contribution in [-0.2, 0) is 65.8 Å². The highest BCUT2D eigenvalue weighted by molar-refractivity contribution is 6.99. The average molecular weight is 1840 g/mol. The Morgan fingerprint density at radius 2 is 0.588 bits per heavy atom. The van der Waals surface area contributed by atoms with Gasteiger partial charge in [0, 0.05) is 20.2 Å². The van der Waals surface area contributed by atoms with Crippen molar-refractivity contribution in [3.05, 3.63) is 91.0 Å². The summed E-state index contributed by atoms with van der Waals surface area (Å²) in [6, 6.07) is 40.5. The molecular formula is C78H156N6O15Si15. The van der Waals surface area contributed by atoms with Crippen LogP contribution in [0.15, 0.2) is 121 Å². The van der Waals surface area contributed by atoms with Crippen LogP contribution < -0.4 is 15.6 Å². The van der Waals surface area contributed by atoms with Gasteiger partial charge in [-0.05, 0) is 247 Å². The maximum Gasteiger partial charge on any atom is 0.470 e. The van der Waals surface area contributed by atoms with Gasteiger partial charge in [-0.1, -0.05) is 157 Å². The minimum absolute atomic E-state index is 0.349. The molecule has 1 atom stereocenters. The standard InChI is InChI=1S/C28H39NO4Si4.C19H45NO4Si4.C9H21NO2Si2.C8H19NO2Si2.C7H17NO2Si2.C7H15NOSi/c1-34(2,26-17-10-7-11-18-26)31-37(24-16-23-29-25-30,32-35(3,4)27-19-12-8-13-20-27)33-36(5,6)28-21-14-9-15-22-28;1-10-15-25(4,5)22-28(18-13-14-20-19-21,23-26(6,7)16-11-2)24-27(8,9)17-12-3;1-13(2,3)12-14(4,5)8-6-7-10-9-11;1-12(11-13(2,3)4)7-5-6-9-8-10;1-12(2,3)10-11-6-4-5-8-7-9;1-10(2,3)6-4-5-8-7-9/h7-15,17-22H,16,23-24H2,1-6H3;10-18H2,1-9H3;6-8H2,1-5H3;12H,5-7H2,1-4H3;4-6,11H2,1-3H3;4-6H2,1-3H3. The van der Waals surface area contributed by atoms with E-state index in [0.29, 0.717) is 51.7 Å². The van der Waals surface area contributed by atoms with Gasteiger partial charge in [0.05, 0.1) is 39.3 Å². The second kappa shape index (κ2) is 59.5. The van der Waals surface area contributed by atoms with Gasteiger partial charge in [0.2, 0.25) is 61.4 Å². The van der Waals surface area contributed by atoms with Crippen molar-refractivity contribution in [2.24, 2.45) is 30.0 Å². The fourth-order valence-corrected chi connectivity index (χ4v) is 66.8. The highest BCUT2D eigenvalue weighted by Gasteiger charge is 2.54. The lowest BCUT2D eigenvalue weighted by molar-refractivity contribution is 0.245. The normalized spacial score (nSPS) is 12.7. The molecule has 3 aromatic rings. The SMILES string of the molecule is CCC[Si](C)(C)O[Si](CCCN=C=O)(O[Si](C)(C)CCC)O[Si](C)(C)CCC.C[SiH](CCCN=C=O)O[Si](C)(C)C.C[Si](C)(C)CCCN=C=O.C[Si](C)(C)O[SiH2]CCCN=C=O.C[Si](C)(C)O[Si](C)(C)CCCN=C=O.C[Si](C)(O[Si](CCCN=C=O)(O[Si](C)(C)c1ccccc1)O[Si](C)(C)c1ccccc1)c1ccccc1. The minimum atomic E-state index is -3.30. The van der Waals surface area contributed by atoms with E-state index in [2.05, 4.69) is 300 Å². The Balaban J connectivity index is -0.00000140. The zero-order chi connectivity index (χ0) is 87.9. The van der Waals surface area contributed by atoms with Crippen molar-refractivity contribution in [3.63, 3.8) is 0 Å². The second-order valence-corrected chi connectivity index (χ2v) is 96.8. The summed E-state index contributed by atoms with van der Waals surface area (Å²) in [5.41, 5.74) is 0. The average Bonchev–Trinajstić information content (AvgIpc) is 0.767. The van der Waals surface area contributed by atoms with Crippen LogP contribution in [0.3, 0.4) is 0 Å². The fourth-order valence-electron chi connectivity index (χ4n) is 12.5. The Labute approximate surface area is 710 Å². The molecule has 0 aliphatic carbocycles. The molecule has 3 aromatic carbocycles. The maximum atomic E-state index is 10.8. The lowest BCUT2D eigenvalue weighted by Crippen LogP contribution is -2.67. The molecule has 1 unspecified atom stereocenters. The van der Waals surface area contributed by atoms with Crippen LogP contribution in [0.5, 0.6) is 0 Å². The van der Waals surface area contributed by atoms with Gasteiger partial charge in [0.15, 0.2) is 67.3 Å². The maximum absolute atomic E-state index is 10.8. The predicted octanol–water partition coefficient (Wildman–Crippen LogP) is 19.4. The third-order valence-corrected chi connectivity index (χ3v) is 68.1. The van der Waals surface area contributed by atoms with E-state index < -0.39 is 118 Å². The zero-order valence-electron chi connectivity index (χ0n) is 76.7. The van der Waals surface area contributed by atoms with Gasteiger partial charge >= 0.3 is 17.6 Å². The molecule has 648 valence electrons. The lowest BCUT2D eigenvalue weighted by atomic mass is 10.4. The predicted molar refractivity (Wildman–Crippen MR) is 517 cm³/mol. The van der Waals surface area contributed by atoms with Crippen molar-refractivity contribution >= 4 is 180 Å². The molecule has 0 saturated carbocycles. The Morgan fingerprint density at radius 1 is 0.316 bits per heavy atom. The van der Waals surface area contributed by atoms with Gasteiger partial charge in [0.25, 0.3) is 0 Å². The minimum Gasteiger partial charge on any atom is -0.461 e. The van der Waals surface area contributed by atoms with Crippen molar-refractivity contribution in [2.75, 3.05) is 39.3 Å². The first-order chi connectivity index (χ1) is 52.7. The summed E-state index contributed by atoms with van der Waals surface area (Å²) in [5, 5.41) is 3.59. The topological polar surface area (TPSA) is 260 Å². The summed E-state index contributed by atoms with van der Waals surface area (Å²) < 4.78 is 60.6. The van der Waals surface area contributed by atoms with E-state index in [4.69, 9.17) is 37.0 Å². The molecule has 0 aliphatic rings. The molecule has 3 rings (SSSR count). The van der Waals surface area contributed by atoms with Crippen LogP contribution in [0.1, 0.15) is 78.6 Å². The molecule has 0 saturated heterocycles. The smallest absolute Gasteiger partial charge is 0.461 e. The number of hydrogen-bond donors (Lipinski definition) is 0. The van der Waals surface area contributed by atoms with Gasteiger partial charge in [-0.25, -0.2) is 58.7 Å². The van der Waals surface area contributed by atoms with E-state index >= 15 is 0 Å². The number of isocyanates is 6. The zero-order valence-corrected chi connectivity index (χ0v) is 92.3. The summed E-state index contributed by atoms with van der Waals surface area (Å²) in [6.07, 6.45) is 18.2. The molecule has 0 amide bonds. The number of nitrogens with zero attached hydrogens (tertiary/aromatic N) is 6. The van der Waals surface area contributed by atoms with Crippen molar-refractivity contribution in [3.8, 4) is 0 Å². The molecule has 36 heteroatoms. The largest absolute Gasteiger partial charge is 0.470 e. The second-order valence-electron chi connectivity index (χ2n) is 36.8. The third-order valence-electron chi connectivity index (χ3n) is 16.8. The van der Waals surface area contributed by atoms with E-state index in [-0.39, 0.29) is 9.76 Å². The van der Waals surface area contributed by atoms with Crippen LogP contribution in [0, 0.1) is 0 Å². The third kappa shape index (κ3) is 63.8. The lowest BCUT2D eigenvalue weighted by Gasteiger charge is -2.45. The number of benzene rings is 3. The monoisotopic (exact) mass is 1840 g/mol. The molecule has 0 N–H and O–H groups in total. The van der Waals surface area contributed by atoms with Gasteiger partial charge in [-0.3, -0.25) is 0 Å². The van der Waals surface area contributed by atoms with Crippen molar-refractivity contribution in [1.29, 1.82) is 0 Å². The van der Waals surface area contributed by atoms with E-state index in [1.54, 1.807) is 30.4 Å². The fraction of sp³-hybridized carbons (Fsp3) is 0.692. The van der Waals surface area contributed by atoms with Crippen LogP contribution >= 0.6 is 0 Å². The summed E-state index contributed by atoms with van der Waals surface area (Å²) in [6.45, 7) is 70.5. The first kappa shape index (κ1) is 115. The van der Waals surface area contributed by atoms with Gasteiger partial charge < -0.3 is 37.0 Å². The molecule has 0 radical (unpaired) electrons. The van der Waals surface area contributed by atoms with Crippen molar-refractivity contribution in [1.82, 2.24) is 0 Å². The van der Waals surface area contributed by atoms with Crippen LogP contribution in [-0.4, -0.2) is 203 Å². The van der Waals surface area contributed by atoms with Gasteiger partial charge in [-0.15, -0.1) is 0 Å². The highest BCUT2D eigenvalue weighted by Crippen LogP contribution is 2.35. The van der Waals surface area contributed by atoms with E-state index in [1.165, 1.54) is 27.7 Å². The van der Waals surface area contributed by atoms with E-state index in [1.807, 2.05) is 18.2 Å². The van der Waals surface area contributed by atoms with E-state index in [0.717, 1.165) is 93.7 Å². The molecule has 0 bridgehead atoms. The Kier molecular flexibility index (Phi) is 60.0. The van der Waals surface area contributed by atoms with Crippen molar-refractivity contribution in [2.45, 2.75) is 310 Å². The Bertz CT molecular complexity index is 3170. The molecule has 21 nitrogen and oxygen atoms in total. The van der Waals surface area contributed by atoms with E-state index in [9.17, 15) is 28.8 Å².